The smallest absolute Gasteiger partial charge is 0.0962 e. The van der Waals surface area contributed by atoms with Crippen molar-refractivity contribution in [1.29, 1.82) is 0 Å². The predicted molar refractivity (Wildman–Crippen MR) is 92.9 cm³/mol. The van der Waals surface area contributed by atoms with Gasteiger partial charge in [-0.1, -0.05) is 54.0 Å². The summed E-state index contributed by atoms with van der Waals surface area (Å²) >= 11 is 3.49. The van der Waals surface area contributed by atoms with Crippen LogP contribution in [0.3, 0.4) is 0 Å². The van der Waals surface area contributed by atoms with E-state index in [9.17, 15) is 5.11 Å². The Balaban J connectivity index is 1.97. The summed E-state index contributed by atoms with van der Waals surface area (Å²) in [6.45, 7) is 6.89. The third-order valence-electron chi connectivity index (χ3n) is 3.65. The Bertz CT molecular complexity index is 593. The molecule has 1 unspecified atom stereocenters. The first-order chi connectivity index (χ1) is 9.97. The maximum absolute atomic E-state index is 10.3. The lowest BCUT2D eigenvalue weighted by Crippen LogP contribution is -2.12. The summed E-state index contributed by atoms with van der Waals surface area (Å²) in [6.07, 6.45) is -0.504. The number of aryl methyl sites for hydroxylation is 1. The first kappa shape index (κ1) is 16.1. The summed E-state index contributed by atoms with van der Waals surface area (Å²) in [5.74, 6) is 0.514. The molecule has 0 amide bonds. The molecule has 0 aliphatic rings. The molecule has 0 aromatic heterocycles. The highest BCUT2D eigenvalue weighted by molar-refractivity contribution is 9.10. The van der Waals surface area contributed by atoms with Crippen molar-refractivity contribution in [3.63, 3.8) is 0 Å². The number of nitrogens with one attached hydrogen (secondary N) is 1. The maximum atomic E-state index is 10.3. The molecule has 2 aromatic carbocycles. The number of aliphatic hydroxyl groups is 1. The van der Waals surface area contributed by atoms with Crippen LogP contribution < -0.4 is 5.32 Å². The Morgan fingerprint density at radius 2 is 1.67 bits per heavy atom. The van der Waals surface area contributed by atoms with Gasteiger partial charge in [-0.25, -0.2) is 0 Å². The molecule has 112 valence electrons. The molecule has 1 atom stereocenters. The van der Waals surface area contributed by atoms with Gasteiger partial charge in [0.2, 0.25) is 0 Å². The minimum atomic E-state index is -0.504. The van der Waals surface area contributed by atoms with Crippen molar-refractivity contribution in [2.24, 2.45) is 0 Å². The summed E-state index contributed by atoms with van der Waals surface area (Å²) in [4.78, 5) is 0. The number of hydrogen-bond acceptors (Lipinski definition) is 2. The van der Waals surface area contributed by atoms with Gasteiger partial charge in [0.05, 0.1) is 6.10 Å². The van der Waals surface area contributed by atoms with Crippen LogP contribution in [-0.4, -0.2) is 11.7 Å². The lowest BCUT2D eigenvalue weighted by molar-refractivity contribution is 0.191. The summed E-state index contributed by atoms with van der Waals surface area (Å²) < 4.78 is 1.10. The fraction of sp³-hybridized carbons (Fsp3) is 0.333. The number of hydrogen-bond donors (Lipinski definition) is 2. The second-order valence-electron chi connectivity index (χ2n) is 5.68. The van der Waals surface area contributed by atoms with Gasteiger partial charge < -0.3 is 10.4 Å². The molecule has 0 saturated carbocycles. The van der Waals surface area contributed by atoms with E-state index in [1.165, 1.54) is 11.1 Å². The van der Waals surface area contributed by atoms with Gasteiger partial charge in [0, 0.05) is 16.7 Å². The Kier molecular flexibility index (Phi) is 5.43. The van der Waals surface area contributed by atoms with Crippen LogP contribution in [-0.2, 0) is 0 Å². The van der Waals surface area contributed by atoms with Crippen LogP contribution in [0.25, 0.3) is 0 Å². The van der Waals surface area contributed by atoms with Crippen LogP contribution in [0, 0.1) is 6.92 Å². The van der Waals surface area contributed by atoms with Crippen molar-refractivity contribution in [1.82, 2.24) is 0 Å². The van der Waals surface area contributed by atoms with Crippen molar-refractivity contribution in [3.05, 3.63) is 63.6 Å². The third-order valence-corrected chi connectivity index (χ3v) is 4.54. The number of rotatable bonds is 5. The summed E-state index contributed by atoms with van der Waals surface area (Å²) in [5.41, 5.74) is 4.44. The van der Waals surface area contributed by atoms with Gasteiger partial charge in [0.1, 0.15) is 0 Å². The molecule has 0 spiro atoms. The second kappa shape index (κ2) is 7.10. The van der Waals surface area contributed by atoms with E-state index < -0.39 is 6.10 Å². The topological polar surface area (TPSA) is 32.3 Å². The van der Waals surface area contributed by atoms with Crippen LogP contribution in [0.15, 0.2) is 46.9 Å². The van der Waals surface area contributed by atoms with Crippen molar-refractivity contribution in [3.8, 4) is 0 Å². The minimum Gasteiger partial charge on any atom is -0.387 e. The van der Waals surface area contributed by atoms with Crippen LogP contribution in [0.1, 0.15) is 42.6 Å². The highest BCUT2D eigenvalue weighted by Crippen LogP contribution is 2.22. The number of aliphatic hydroxyl groups excluding tert-OH is 1. The van der Waals surface area contributed by atoms with Gasteiger partial charge in [0.15, 0.2) is 0 Å². The van der Waals surface area contributed by atoms with E-state index >= 15 is 0 Å². The molecule has 2 rings (SSSR count). The molecule has 2 N–H and O–H groups in total. The summed E-state index contributed by atoms with van der Waals surface area (Å²) in [5, 5.41) is 13.5. The van der Waals surface area contributed by atoms with Crippen LogP contribution in [0.2, 0.25) is 0 Å². The molecular weight excluding hydrogens is 326 g/mol. The normalized spacial score (nSPS) is 12.5. The number of benzene rings is 2. The van der Waals surface area contributed by atoms with E-state index in [1.54, 1.807) is 0 Å². The first-order valence-corrected chi connectivity index (χ1v) is 8.04. The quantitative estimate of drug-likeness (QED) is 0.795. The molecule has 21 heavy (non-hydrogen) atoms. The average Bonchev–Trinajstić information content (AvgIpc) is 2.48. The number of anilines is 1. The van der Waals surface area contributed by atoms with Crippen molar-refractivity contribution >= 4 is 21.6 Å². The van der Waals surface area contributed by atoms with Gasteiger partial charge >= 0.3 is 0 Å². The van der Waals surface area contributed by atoms with E-state index in [0.717, 1.165) is 15.7 Å². The molecule has 0 radical (unpaired) electrons. The molecule has 0 aliphatic heterocycles. The lowest BCUT2D eigenvalue weighted by atomic mass is 10.00. The average molecular weight is 348 g/mol. The zero-order chi connectivity index (χ0) is 15.4. The molecule has 2 aromatic rings. The second-order valence-corrected chi connectivity index (χ2v) is 6.54. The molecule has 0 bridgehead atoms. The predicted octanol–water partition coefficient (Wildman–Crippen LogP) is 5.03. The van der Waals surface area contributed by atoms with Crippen molar-refractivity contribution in [2.45, 2.75) is 32.8 Å². The van der Waals surface area contributed by atoms with Gasteiger partial charge in [-0.3, -0.25) is 0 Å². The maximum Gasteiger partial charge on any atom is 0.0962 e. The van der Waals surface area contributed by atoms with Gasteiger partial charge in [0.25, 0.3) is 0 Å². The first-order valence-electron chi connectivity index (χ1n) is 7.25. The van der Waals surface area contributed by atoms with E-state index in [4.69, 9.17) is 0 Å². The fourth-order valence-electron chi connectivity index (χ4n) is 2.19. The van der Waals surface area contributed by atoms with Crippen molar-refractivity contribution in [2.75, 3.05) is 11.9 Å². The molecule has 0 heterocycles. The molecule has 0 fully saturated rings. The molecule has 3 heteroatoms. The largest absolute Gasteiger partial charge is 0.387 e. The SMILES string of the molecule is Cc1cc(NCC(O)c2ccc(C(C)C)cc2)ccc1Br. The minimum absolute atomic E-state index is 0.502. The van der Waals surface area contributed by atoms with Crippen LogP contribution in [0.4, 0.5) is 5.69 Å². The molecular formula is C18H22BrNO. The zero-order valence-corrected chi connectivity index (χ0v) is 14.3. The third kappa shape index (κ3) is 4.32. The molecule has 2 nitrogen and oxygen atoms in total. The Labute approximate surface area is 135 Å². The monoisotopic (exact) mass is 347 g/mol. The van der Waals surface area contributed by atoms with Crippen LogP contribution >= 0.6 is 15.9 Å². The fourth-order valence-corrected chi connectivity index (χ4v) is 2.44. The van der Waals surface area contributed by atoms with Crippen LogP contribution in [0.5, 0.6) is 0 Å². The molecule has 0 saturated heterocycles. The van der Waals surface area contributed by atoms with Gasteiger partial charge in [-0.2, -0.15) is 0 Å². The lowest BCUT2D eigenvalue weighted by Gasteiger charge is -2.15. The Hall–Kier alpha value is -1.32. The van der Waals surface area contributed by atoms with E-state index in [0.29, 0.717) is 12.5 Å². The Morgan fingerprint density at radius 1 is 1.05 bits per heavy atom. The van der Waals surface area contributed by atoms with E-state index in [1.807, 2.05) is 24.3 Å². The Morgan fingerprint density at radius 3 is 2.24 bits per heavy atom. The molecule has 0 aliphatic carbocycles. The summed E-state index contributed by atoms with van der Waals surface area (Å²) in [6, 6.07) is 14.3. The van der Waals surface area contributed by atoms with Gasteiger partial charge in [-0.05, 0) is 47.7 Å². The summed E-state index contributed by atoms with van der Waals surface area (Å²) in [7, 11) is 0. The number of halogens is 1. The van der Waals surface area contributed by atoms with Crippen molar-refractivity contribution < 1.29 is 5.11 Å². The highest BCUT2D eigenvalue weighted by Gasteiger charge is 2.08. The van der Waals surface area contributed by atoms with E-state index in [-0.39, 0.29) is 0 Å². The standard InChI is InChI=1S/C18H22BrNO/c1-12(2)14-4-6-15(7-5-14)18(21)11-20-16-8-9-17(19)13(3)10-16/h4-10,12,18,20-21H,11H2,1-3H3. The zero-order valence-electron chi connectivity index (χ0n) is 12.7. The highest BCUT2D eigenvalue weighted by atomic mass is 79.9. The van der Waals surface area contributed by atoms with Gasteiger partial charge in [-0.15, -0.1) is 0 Å². The van der Waals surface area contributed by atoms with E-state index in [2.05, 4.69) is 60.2 Å².